The maximum absolute atomic E-state index is 11.9. The Balaban J connectivity index is 1.41. The van der Waals surface area contributed by atoms with Crippen LogP contribution in [0.4, 0.5) is 10.5 Å². The molecule has 0 bridgehead atoms. The molecule has 0 atom stereocenters. The monoisotopic (exact) mass is 291 g/mol. The number of nitrogens with zero attached hydrogens (tertiary/aromatic N) is 1. The predicted octanol–water partition coefficient (Wildman–Crippen LogP) is 1.08. The van der Waals surface area contributed by atoms with E-state index in [4.69, 9.17) is 9.47 Å². The number of hydrogen-bond acceptors (Lipinski definition) is 4. The standard InChI is InChI=1S/C15H21N3O3/c19-15(16-4-5-18-6-9-20-10-7-18)17-13-1-2-14-12(11-13)3-8-21-14/h1-2,11H,3-10H2,(H2,16,17,19). The van der Waals surface area contributed by atoms with Gasteiger partial charge in [0.15, 0.2) is 0 Å². The molecule has 0 aliphatic carbocycles. The van der Waals surface area contributed by atoms with Crippen LogP contribution in [0.25, 0.3) is 0 Å². The van der Waals surface area contributed by atoms with Crippen molar-refractivity contribution in [1.29, 1.82) is 0 Å². The third-order valence-corrected chi connectivity index (χ3v) is 3.76. The van der Waals surface area contributed by atoms with Crippen LogP contribution in [0.3, 0.4) is 0 Å². The van der Waals surface area contributed by atoms with E-state index in [0.29, 0.717) is 6.54 Å². The Bertz CT molecular complexity index is 501. The fourth-order valence-corrected chi connectivity index (χ4v) is 2.59. The van der Waals surface area contributed by atoms with Gasteiger partial charge in [0.1, 0.15) is 5.75 Å². The fourth-order valence-electron chi connectivity index (χ4n) is 2.59. The summed E-state index contributed by atoms with van der Waals surface area (Å²) in [6.45, 7) is 5.66. The van der Waals surface area contributed by atoms with Gasteiger partial charge >= 0.3 is 6.03 Å². The van der Waals surface area contributed by atoms with Crippen molar-refractivity contribution >= 4 is 11.7 Å². The average Bonchev–Trinajstić information content (AvgIpc) is 2.96. The van der Waals surface area contributed by atoms with Crippen molar-refractivity contribution in [3.8, 4) is 5.75 Å². The first kappa shape index (κ1) is 14.2. The van der Waals surface area contributed by atoms with Crippen molar-refractivity contribution in [2.75, 3.05) is 51.3 Å². The highest BCUT2D eigenvalue weighted by atomic mass is 16.5. The van der Waals surface area contributed by atoms with E-state index < -0.39 is 0 Å². The number of morpholine rings is 1. The topological polar surface area (TPSA) is 62.8 Å². The van der Waals surface area contributed by atoms with Crippen LogP contribution in [-0.2, 0) is 11.2 Å². The third kappa shape index (κ3) is 3.86. The van der Waals surface area contributed by atoms with Crippen molar-refractivity contribution in [1.82, 2.24) is 10.2 Å². The number of rotatable bonds is 4. The lowest BCUT2D eigenvalue weighted by Crippen LogP contribution is -2.42. The highest BCUT2D eigenvalue weighted by molar-refractivity contribution is 5.89. The number of nitrogens with one attached hydrogen (secondary N) is 2. The van der Waals surface area contributed by atoms with E-state index in [1.54, 1.807) is 0 Å². The Labute approximate surface area is 124 Å². The van der Waals surface area contributed by atoms with Gasteiger partial charge in [0.2, 0.25) is 0 Å². The van der Waals surface area contributed by atoms with E-state index in [0.717, 1.165) is 62.9 Å². The molecule has 3 rings (SSSR count). The molecule has 0 radical (unpaired) electrons. The molecule has 0 saturated carbocycles. The minimum atomic E-state index is -0.165. The number of fused-ring (bicyclic) bond motifs is 1. The zero-order chi connectivity index (χ0) is 14.5. The van der Waals surface area contributed by atoms with Crippen LogP contribution in [0, 0.1) is 0 Å². The number of anilines is 1. The Morgan fingerprint density at radius 3 is 2.95 bits per heavy atom. The van der Waals surface area contributed by atoms with Crippen LogP contribution >= 0.6 is 0 Å². The summed E-state index contributed by atoms with van der Waals surface area (Å²) < 4.78 is 10.7. The SMILES string of the molecule is O=C(NCCN1CCOCC1)Nc1ccc2c(c1)CCO2. The summed E-state index contributed by atoms with van der Waals surface area (Å²) in [5.41, 5.74) is 1.96. The number of carbonyl (C=O) groups is 1. The zero-order valence-electron chi connectivity index (χ0n) is 12.1. The van der Waals surface area contributed by atoms with Crippen molar-refractivity contribution in [3.63, 3.8) is 0 Å². The number of hydrogen-bond donors (Lipinski definition) is 2. The summed E-state index contributed by atoms with van der Waals surface area (Å²) in [5, 5.41) is 5.74. The van der Waals surface area contributed by atoms with E-state index in [-0.39, 0.29) is 6.03 Å². The summed E-state index contributed by atoms with van der Waals surface area (Å²) >= 11 is 0. The highest BCUT2D eigenvalue weighted by Gasteiger charge is 2.13. The molecule has 6 heteroatoms. The normalized spacial score (nSPS) is 17.9. The van der Waals surface area contributed by atoms with Gasteiger partial charge in [-0.3, -0.25) is 4.90 Å². The molecule has 1 aromatic carbocycles. The summed E-state index contributed by atoms with van der Waals surface area (Å²) in [7, 11) is 0. The molecule has 114 valence electrons. The van der Waals surface area contributed by atoms with E-state index in [1.165, 1.54) is 0 Å². The minimum absolute atomic E-state index is 0.165. The summed E-state index contributed by atoms with van der Waals surface area (Å²) in [6, 6.07) is 5.59. The van der Waals surface area contributed by atoms with Gasteiger partial charge in [0.05, 0.1) is 19.8 Å². The Morgan fingerprint density at radius 1 is 1.24 bits per heavy atom. The van der Waals surface area contributed by atoms with Gasteiger partial charge in [-0.25, -0.2) is 4.79 Å². The second kappa shape index (κ2) is 6.78. The van der Waals surface area contributed by atoms with Crippen molar-refractivity contribution in [2.45, 2.75) is 6.42 Å². The van der Waals surface area contributed by atoms with Crippen LogP contribution in [0.2, 0.25) is 0 Å². The molecule has 0 spiro atoms. The first-order valence-corrected chi connectivity index (χ1v) is 7.42. The fraction of sp³-hybridized carbons (Fsp3) is 0.533. The molecule has 0 aromatic heterocycles. The largest absolute Gasteiger partial charge is 0.493 e. The quantitative estimate of drug-likeness (QED) is 0.871. The molecule has 2 heterocycles. The second-order valence-electron chi connectivity index (χ2n) is 5.26. The maximum atomic E-state index is 11.9. The van der Waals surface area contributed by atoms with E-state index in [1.807, 2.05) is 18.2 Å². The smallest absolute Gasteiger partial charge is 0.319 e. The summed E-state index contributed by atoms with van der Waals surface area (Å²) in [6.07, 6.45) is 0.906. The Morgan fingerprint density at radius 2 is 2.10 bits per heavy atom. The van der Waals surface area contributed by atoms with Gasteiger partial charge in [-0.2, -0.15) is 0 Å². The van der Waals surface area contributed by atoms with Gasteiger partial charge in [-0.05, 0) is 23.8 Å². The molecule has 2 amide bonds. The third-order valence-electron chi connectivity index (χ3n) is 3.76. The minimum Gasteiger partial charge on any atom is -0.493 e. The van der Waals surface area contributed by atoms with Crippen LogP contribution in [0.1, 0.15) is 5.56 Å². The molecule has 0 unspecified atom stereocenters. The number of amides is 2. The molecule has 2 N–H and O–H groups in total. The number of ether oxygens (including phenoxy) is 2. The molecule has 21 heavy (non-hydrogen) atoms. The number of urea groups is 1. The number of benzene rings is 1. The molecule has 2 aliphatic heterocycles. The van der Waals surface area contributed by atoms with Crippen LogP contribution in [0.5, 0.6) is 5.75 Å². The van der Waals surface area contributed by atoms with Crippen LogP contribution in [0.15, 0.2) is 18.2 Å². The Kier molecular flexibility index (Phi) is 4.57. The van der Waals surface area contributed by atoms with Gasteiger partial charge in [-0.15, -0.1) is 0 Å². The van der Waals surface area contributed by atoms with Crippen LogP contribution in [-0.4, -0.2) is 56.9 Å². The van der Waals surface area contributed by atoms with Crippen molar-refractivity contribution in [2.24, 2.45) is 0 Å². The van der Waals surface area contributed by atoms with Gasteiger partial charge in [-0.1, -0.05) is 0 Å². The maximum Gasteiger partial charge on any atom is 0.319 e. The lowest BCUT2D eigenvalue weighted by molar-refractivity contribution is 0.0388. The molecular formula is C15H21N3O3. The Hall–Kier alpha value is -1.79. The zero-order valence-corrected chi connectivity index (χ0v) is 12.1. The molecule has 2 aliphatic rings. The highest BCUT2D eigenvalue weighted by Crippen LogP contribution is 2.27. The molecule has 6 nitrogen and oxygen atoms in total. The second-order valence-corrected chi connectivity index (χ2v) is 5.26. The van der Waals surface area contributed by atoms with Gasteiger partial charge in [0, 0.05) is 38.3 Å². The van der Waals surface area contributed by atoms with E-state index in [9.17, 15) is 4.79 Å². The predicted molar refractivity (Wildman–Crippen MR) is 79.9 cm³/mol. The summed E-state index contributed by atoms with van der Waals surface area (Å²) in [4.78, 5) is 14.1. The molecule has 1 fully saturated rings. The molecule has 1 saturated heterocycles. The molecular weight excluding hydrogens is 270 g/mol. The average molecular weight is 291 g/mol. The van der Waals surface area contributed by atoms with Crippen molar-refractivity contribution in [3.05, 3.63) is 23.8 Å². The van der Waals surface area contributed by atoms with E-state index in [2.05, 4.69) is 15.5 Å². The van der Waals surface area contributed by atoms with Gasteiger partial charge < -0.3 is 20.1 Å². The first-order chi connectivity index (χ1) is 10.3. The molecule has 1 aromatic rings. The van der Waals surface area contributed by atoms with Crippen molar-refractivity contribution < 1.29 is 14.3 Å². The first-order valence-electron chi connectivity index (χ1n) is 7.42. The van der Waals surface area contributed by atoms with E-state index >= 15 is 0 Å². The summed E-state index contributed by atoms with van der Waals surface area (Å²) in [5.74, 6) is 0.924. The lowest BCUT2D eigenvalue weighted by Gasteiger charge is -2.26. The van der Waals surface area contributed by atoms with Gasteiger partial charge in [0.25, 0.3) is 0 Å². The number of carbonyl (C=O) groups excluding carboxylic acids is 1. The van der Waals surface area contributed by atoms with Crippen LogP contribution < -0.4 is 15.4 Å². The lowest BCUT2D eigenvalue weighted by atomic mass is 10.1.